The lowest BCUT2D eigenvalue weighted by molar-refractivity contribution is -0.116. The van der Waals surface area contributed by atoms with Crippen LogP contribution in [0, 0.1) is 6.92 Å². The topological polar surface area (TPSA) is 77.1 Å². The molecule has 0 saturated carbocycles. The Balaban J connectivity index is 1.61. The zero-order valence-electron chi connectivity index (χ0n) is 13.5. The van der Waals surface area contributed by atoms with Gasteiger partial charge in [0.1, 0.15) is 0 Å². The van der Waals surface area contributed by atoms with E-state index in [0.29, 0.717) is 24.2 Å². The molecule has 5 nitrogen and oxygen atoms in total. The van der Waals surface area contributed by atoms with E-state index in [1.165, 1.54) is 10.9 Å². The normalized spacial score (nSPS) is 10.7. The van der Waals surface area contributed by atoms with Crippen LogP contribution in [0.25, 0.3) is 10.9 Å². The van der Waals surface area contributed by atoms with Gasteiger partial charge in [0, 0.05) is 35.9 Å². The molecule has 0 atom stereocenters. The summed E-state index contributed by atoms with van der Waals surface area (Å²) in [6.45, 7) is 2.67. The lowest BCUT2D eigenvalue weighted by Crippen LogP contribution is -2.15. The highest BCUT2D eigenvalue weighted by Crippen LogP contribution is 2.18. The number of rotatable bonds is 5. The summed E-state index contributed by atoms with van der Waals surface area (Å²) >= 11 is 0. The Bertz CT molecular complexity index is 895. The predicted molar refractivity (Wildman–Crippen MR) is 94.9 cm³/mol. The van der Waals surface area contributed by atoms with E-state index in [-0.39, 0.29) is 5.91 Å². The maximum atomic E-state index is 12.1. The molecule has 0 fully saturated rings. The molecule has 0 bridgehead atoms. The summed E-state index contributed by atoms with van der Waals surface area (Å²) in [5.74, 6) is -0.557. The number of primary amides is 1. The van der Waals surface area contributed by atoms with Gasteiger partial charge in [-0.25, -0.2) is 0 Å². The third-order valence-corrected chi connectivity index (χ3v) is 3.96. The van der Waals surface area contributed by atoms with Gasteiger partial charge in [0.25, 0.3) is 0 Å². The monoisotopic (exact) mass is 321 g/mol. The molecule has 1 aromatic heterocycles. The number of carbonyl (C=O) groups is 2. The van der Waals surface area contributed by atoms with Crippen molar-refractivity contribution in [2.24, 2.45) is 5.73 Å². The fraction of sp³-hybridized carbons (Fsp3) is 0.158. The summed E-state index contributed by atoms with van der Waals surface area (Å²) in [6.07, 6.45) is 2.37. The molecule has 5 heteroatoms. The summed E-state index contributed by atoms with van der Waals surface area (Å²) in [6, 6.07) is 14.9. The number of fused-ring (bicyclic) bond motifs is 1. The first kappa shape index (κ1) is 15.8. The Kier molecular flexibility index (Phi) is 4.33. The Morgan fingerprint density at radius 3 is 2.54 bits per heavy atom. The number of nitrogens with zero attached hydrogens (tertiary/aromatic N) is 1. The average Bonchev–Trinajstić information content (AvgIpc) is 2.95. The van der Waals surface area contributed by atoms with Crippen molar-refractivity contribution in [3.63, 3.8) is 0 Å². The molecule has 0 saturated heterocycles. The van der Waals surface area contributed by atoms with Gasteiger partial charge < -0.3 is 15.6 Å². The van der Waals surface area contributed by atoms with Gasteiger partial charge in [-0.1, -0.05) is 11.6 Å². The third kappa shape index (κ3) is 3.46. The lowest BCUT2D eigenvalue weighted by Gasteiger charge is -2.08. The lowest BCUT2D eigenvalue weighted by atomic mass is 10.2. The molecule has 0 aliphatic carbocycles. The van der Waals surface area contributed by atoms with Crippen LogP contribution in [-0.4, -0.2) is 16.4 Å². The Morgan fingerprint density at radius 2 is 1.83 bits per heavy atom. The van der Waals surface area contributed by atoms with E-state index in [1.807, 2.05) is 6.20 Å². The second-order valence-electron chi connectivity index (χ2n) is 5.81. The van der Waals surface area contributed by atoms with Crippen LogP contribution in [-0.2, 0) is 11.3 Å². The molecule has 0 unspecified atom stereocenters. The van der Waals surface area contributed by atoms with Crippen LogP contribution in [0.5, 0.6) is 0 Å². The standard InChI is InChI=1S/C19H19N3O2/c1-13-2-7-17-15(12-13)8-10-22(17)11-9-18(23)21-16-5-3-14(4-6-16)19(20)24/h2-8,10,12H,9,11H2,1H3,(H2,20,24)(H,21,23). The maximum Gasteiger partial charge on any atom is 0.248 e. The first-order valence-electron chi connectivity index (χ1n) is 7.78. The molecular weight excluding hydrogens is 302 g/mol. The number of carbonyl (C=O) groups excluding carboxylic acids is 2. The summed E-state index contributed by atoms with van der Waals surface area (Å²) < 4.78 is 2.07. The zero-order valence-corrected chi connectivity index (χ0v) is 13.5. The SMILES string of the molecule is Cc1ccc2c(ccn2CCC(=O)Nc2ccc(C(N)=O)cc2)c1. The van der Waals surface area contributed by atoms with Crippen molar-refractivity contribution in [1.82, 2.24) is 4.57 Å². The van der Waals surface area contributed by atoms with E-state index in [4.69, 9.17) is 5.73 Å². The Labute approximate surface area is 140 Å². The summed E-state index contributed by atoms with van der Waals surface area (Å²) in [5.41, 5.74) is 8.61. The number of nitrogens with one attached hydrogen (secondary N) is 1. The molecule has 3 aromatic rings. The molecule has 0 aliphatic rings. The summed E-state index contributed by atoms with van der Waals surface area (Å²) in [5, 5.41) is 4.00. The van der Waals surface area contributed by atoms with E-state index in [0.717, 1.165) is 5.52 Å². The summed E-state index contributed by atoms with van der Waals surface area (Å²) in [7, 11) is 0. The number of nitrogens with two attached hydrogens (primary N) is 1. The zero-order chi connectivity index (χ0) is 17.1. The smallest absolute Gasteiger partial charge is 0.248 e. The van der Waals surface area contributed by atoms with Crippen LogP contribution in [0.15, 0.2) is 54.7 Å². The van der Waals surface area contributed by atoms with Gasteiger partial charge in [-0.15, -0.1) is 0 Å². The van der Waals surface area contributed by atoms with Crippen LogP contribution in [0.2, 0.25) is 0 Å². The first-order valence-corrected chi connectivity index (χ1v) is 7.78. The molecule has 3 N–H and O–H groups in total. The number of hydrogen-bond acceptors (Lipinski definition) is 2. The van der Waals surface area contributed by atoms with Crippen molar-refractivity contribution in [1.29, 1.82) is 0 Å². The van der Waals surface area contributed by atoms with Crippen LogP contribution < -0.4 is 11.1 Å². The quantitative estimate of drug-likeness (QED) is 0.757. The van der Waals surface area contributed by atoms with E-state index >= 15 is 0 Å². The van der Waals surface area contributed by atoms with Crippen LogP contribution in [0.1, 0.15) is 22.3 Å². The molecule has 0 radical (unpaired) electrons. The molecule has 2 aromatic carbocycles. The minimum absolute atomic E-state index is 0.0733. The van der Waals surface area contributed by atoms with Crippen LogP contribution in [0.4, 0.5) is 5.69 Å². The largest absolute Gasteiger partial charge is 0.366 e. The second kappa shape index (κ2) is 6.58. The van der Waals surface area contributed by atoms with E-state index in [2.05, 4.69) is 41.1 Å². The predicted octanol–water partition coefficient (Wildman–Crippen LogP) is 3.08. The fourth-order valence-electron chi connectivity index (χ4n) is 2.68. The fourth-order valence-corrected chi connectivity index (χ4v) is 2.68. The van der Waals surface area contributed by atoms with Crippen LogP contribution in [0.3, 0.4) is 0 Å². The Hall–Kier alpha value is -3.08. The van der Waals surface area contributed by atoms with Crippen molar-refractivity contribution in [3.8, 4) is 0 Å². The average molecular weight is 321 g/mol. The molecular formula is C19H19N3O2. The number of amides is 2. The number of aromatic nitrogens is 1. The Morgan fingerprint density at radius 1 is 1.08 bits per heavy atom. The number of benzene rings is 2. The van der Waals surface area contributed by atoms with Gasteiger partial charge >= 0.3 is 0 Å². The van der Waals surface area contributed by atoms with E-state index in [9.17, 15) is 9.59 Å². The van der Waals surface area contributed by atoms with Crippen molar-refractivity contribution < 1.29 is 9.59 Å². The highest BCUT2D eigenvalue weighted by molar-refractivity contribution is 5.94. The molecule has 3 rings (SSSR count). The molecule has 2 amide bonds. The van der Waals surface area contributed by atoms with Gasteiger partial charge in [-0.05, 0) is 54.8 Å². The van der Waals surface area contributed by atoms with Gasteiger partial charge in [0.05, 0.1) is 0 Å². The maximum absolute atomic E-state index is 12.1. The summed E-state index contributed by atoms with van der Waals surface area (Å²) in [4.78, 5) is 23.1. The highest BCUT2D eigenvalue weighted by atomic mass is 16.2. The molecule has 24 heavy (non-hydrogen) atoms. The van der Waals surface area contributed by atoms with Gasteiger partial charge in [0.15, 0.2) is 0 Å². The van der Waals surface area contributed by atoms with Crippen molar-refractivity contribution in [3.05, 3.63) is 65.9 Å². The molecule has 0 aliphatic heterocycles. The minimum atomic E-state index is -0.484. The first-order chi connectivity index (χ1) is 11.5. The number of anilines is 1. The minimum Gasteiger partial charge on any atom is -0.366 e. The molecule has 122 valence electrons. The van der Waals surface area contributed by atoms with Gasteiger partial charge in [-0.2, -0.15) is 0 Å². The van der Waals surface area contributed by atoms with Gasteiger partial charge in [-0.3, -0.25) is 9.59 Å². The second-order valence-corrected chi connectivity index (χ2v) is 5.81. The third-order valence-electron chi connectivity index (χ3n) is 3.96. The van der Waals surface area contributed by atoms with Gasteiger partial charge in [0.2, 0.25) is 11.8 Å². The molecule has 1 heterocycles. The van der Waals surface area contributed by atoms with Crippen molar-refractivity contribution in [2.75, 3.05) is 5.32 Å². The number of hydrogen-bond donors (Lipinski definition) is 2. The highest BCUT2D eigenvalue weighted by Gasteiger charge is 2.06. The van der Waals surface area contributed by atoms with E-state index in [1.54, 1.807) is 24.3 Å². The van der Waals surface area contributed by atoms with Crippen LogP contribution >= 0.6 is 0 Å². The molecule has 0 spiro atoms. The van der Waals surface area contributed by atoms with Crippen molar-refractivity contribution >= 4 is 28.4 Å². The van der Waals surface area contributed by atoms with E-state index < -0.39 is 5.91 Å². The van der Waals surface area contributed by atoms with Crippen molar-refractivity contribution in [2.45, 2.75) is 19.9 Å². The number of aryl methyl sites for hydroxylation is 2.